The minimum Gasteiger partial charge on any atom is -0.166 e. The maximum Gasteiger partial charge on any atom is 0.413 e. The molecule has 0 fully saturated rings. The standard InChI is InChI=1S/C8H6F6/c9-7(10,11)5-3-1-2-4-6(5)8(12,13)14/h1-2H,3-4H2. The largest absolute Gasteiger partial charge is 0.413 e. The molecule has 0 radical (unpaired) electrons. The highest BCUT2D eigenvalue weighted by molar-refractivity contribution is 5.30. The molecule has 1 rings (SSSR count). The molecule has 0 saturated heterocycles. The van der Waals surface area contributed by atoms with Gasteiger partial charge in [-0.25, -0.2) is 0 Å². The summed E-state index contributed by atoms with van der Waals surface area (Å²) in [6.45, 7) is 0. The second kappa shape index (κ2) is 3.33. The van der Waals surface area contributed by atoms with Crippen molar-refractivity contribution in [3.05, 3.63) is 23.3 Å². The van der Waals surface area contributed by atoms with E-state index in [1.54, 1.807) is 0 Å². The molecule has 0 atom stereocenters. The predicted octanol–water partition coefficient (Wildman–Crippen LogP) is 3.76. The van der Waals surface area contributed by atoms with E-state index in [9.17, 15) is 26.3 Å². The third-order valence-corrected chi connectivity index (χ3v) is 1.86. The molecule has 14 heavy (non-hydrogen) atoms. The molecule has 0 saturated carbocycles. The van der Waals surface area contributed by atoms with E-state index >= 15 is 0 Å². The van der Waals surface area contributed by atoms with Crippen molar-refractivity contribution in [1.29, 1.82) is 0 Å². The Hall–Kier alpha value is -0.940. The molecule has 0 spiro atoms. The number of hydrogen-bond donors (Lipinski definition) is 0. The number of halogens is 6. The SMILES string of the molecule is FC(F)(F)C1=C(C(F)(F)F)CC=CC1. The first-order valence-corrected chi connectivity index (χ1v) is 3.74. The minimum absolute atomic E-state index is 0.696. The average Bonchev–Trinajstić information content (AvgIpc) is 2.01. The Kier molecular flexibility index (Phi) is 2.65. The van der Waals surface area contributed by atoms with Gasteiger partial charge in [-0.2, -0.15) is 26.3 Å². The Morgan fingerprint density at radius 2 is 1.00 bits per heavy atom. The predicted molar refractivity (Wildman–Crippen MR) is 37.5 cm³/mol. The van der Waals surface area contributed by atoms with Gasteiger partial charge in [-0.05, 0) is 12.8 Å². The van der Waals surface area contributed by atoms with Crippen LogP contribution in [0.4, 0.5) is 26.3 Å². The van der Waals surface area contributed by atoms with Crippen molar-refractivity contribution in [1.82, 2.24) is 0 Å². The van der Waals surface area contributed by atoms with Gasteiger partial charge in [-0.15, -0.1) is 0 Å². The lowest BCUT2D eigenvalue weighted by atomic mass is 9.96. The molecular formula is C8H6F6. The number of alkyl halides is 6. The van der Waals surface area contributed by atoms with Gasteiger partial charge in [0, 0.05) is 11.1 Å². The van der Waals surface area contributed by atoms with Crippen LogP contribution < -0.4 is 0 Å². The molecule has 0 aromatic heterocycles. The molecule has 80 valence electrons. The van der Waals surface area contributed by atoms with Crippen molar-refractivity contribution < 1.29 is 26.3 Å². The Balaban J connectivity index is 3.12. The second-order valence-electron chi connectivity index (χ2n) is 2.83. The van der Waals surface area contributed by atoms with Gasteiger partial charge < -0.3 is 0 Å². The quantitative estimate of drug-likeness (QED) is 0.427. The Morgan fingerprint density at radius 1 is 0.714 bits per heavy atom. The topological polar surface area (TPSA) is 0 Å². The monoisotopic (exact) mass is 216 g/mol. The van der Waals surface area contributed by atoms with Crippen molar-refractivity contribution in [2.75, 3.05) is 0 Å². The van der Waals surface area contributed by atoms with Crippen molar-refractivity contribution in [2.45, 2.75) is 25.2 Å². The van der Waals surface area contributed by atoms with Crippen LogP contribution in [0.3, 0.4) is 0 Å². The van der Waals surface area contributed by atoms with Gasteiger partial charge in [0.1, 0.15) is 0 Å². The summed E-state index contributed by atoms with van der Waals surface area (Å²) in [4.78, 5) is 0. The van der Waals surface area contributed by atoms with Gasteiger partial charge in [0.15, 0.2) is 0 Å². The molecule has 0 nitrogen and oxygen atoms in total. The zero-order valence-electron chi connectivity index (χ0n) is 6.84. The van der Waals surface area contributed by atoms with Crippen LogP contribution in [0.1, 0.15) is 12.8 Å². The Labute approximate surface area is 75.9 Å². The van der Waals surface area contributed by atoms with E-state index in [1.165, 1.54) is 0 Å². The summed E-state index contributed by atoms with van der Waals surface area (Å²) < 4.78 is 72.8. The number of allylic oxidation sites excluding steroid dienone is 4. The number of hydrogen-bond acceptors (Lipinski definition) is 0. The molecular weight excluding hydrogens is 210 g/mol. The normalized spacial score (nSPS) is 19.0. The van der Waals surface area contributed by atoms with Gasteiger partial charge in [-0.3, -0.25) is 0 Å². The summed E-state index contributed by atoms with van der Waals surface area (Å²) in [5.74, 6) is 0. The van der Waals surface area contributed by atoms with E-state index in [-0.39, 0.29) is 0 Å². The zero-order chi connectivity index (χ0) is 11.0. The van der Waals surface area contributed by atoms with Crippen LogP contribution in [0.2, 0.25) is 0 Å². The van der Waals surface area contributed by atoms with E-state index < -0.39 is 36.3 Å². The van der Waals surface area contributed by atoms with E-state index in [4.69, 9.17) is 0 Å². The lowest BCUT2D eigenvalue weighted by Crippen LogP contribution is -2.23. The zero-order valence-corrected chi connectivity index (χ0v) is 6.84. The van der Waals surface area contributed by atoms with Crippen LogP contribution in [0.15, 0.2) is 23.3 Å². The third kappa shape index (κ3) is 2.30. The molecule has 1 aliphatic carbocycles. The highest BCUT2D eigenvalue weighted by Gasteiger charge is 2.44. The molecule has 0 heterocycles. The molecule has 0 aliphatic heterocycles. The van der Waals surface area contributed by atoms with Crippen molar-refractivity contribution in [2.24, 2.45) is 0 Å². The molecule has 0 unspecified atom stereocenters. The highest BCUT2D eigenvalue weighted by Crippen LogP contribution is 2.41. The fraction of sp³-hybridized carbons (Fsp3) is 0.500. The van der Waals surface area contributed by atoms with Crippen LogP contribution in [0.5, 0.6) is 0 Å². The van der Waals surface area contributed by atoms with E-state index in [2.05, 4.69) is 0 Å². The summed E-state index contributed by atoms with van der Waals surface area (Å²) in [5, 5.41) is 0. The fourth-order valence-corrected chi connectivity index (χ4v) is 1.22. The summed E-state index contributed by atoms with van der Waals surface area (Å²) in [5.41, 5.74) is -2.96. The van der Waals surface area contributed by atoms with Crippen molar-refractivity contribution >= 4 is 0 Å². The first-order chi connectivity index (χ1) is 6.23. The minimum atomic E-state index is -4.89. The lowest BCUT2D eigenvalue weighted by molar-refractivity contribution is -0.117. The number of rotatable bonds is 0. The van der Waals surface area contributed by atoms with E-state index in [0.29, 0.717) is 0 Å². The lowest BCUT2D eigenvalue weighted by Gasteiger charge is -2.20. The molecule has 6 heteroatoms. The third-order valence-electron chi connectivity index (χ3n) is 1.86. The fourth-order valence-electron chi connectivity index (χ4n) is 1.22. The molecule has 0 amide bonds. The van der Waals surface area contributed by atoms with E-state index in [0.717, 1.165) is 12.2 Å². The Morgan fingerprint density at radius 3 is 1.21 bits per heavy atom. The summed E-state index contributed by atoms with van der Waals surface area (Å²) in [6.07, 6.45) is -8.99. The smallest absolute Gasteiger partial charge is 0.166 e. The summed E-state index contributed by atoms with van der Waals surface area (Å²) >= 11 is 0. The Bertz CT molecular complexity index is 249. The maximum absolute atomic E-state index is 12.1. The van der Waals surface area contributed by atoms with Gasteiger partial charge in [-0.1, -0.05) is 12.2 Å². The average molecular weight is 216 g/mol. The van der Waals surface area contributed by atoms with Crippen LogP contribution in [0, 0.1) is 0 Å². The van der Waals surface area contributed by atoms with Gasteiger partial charge >= 0.3 is 12.4 Å². The molecule has 1 aliphatic rings. The highest BCUT2D eigenvalue weighted by atomic mass is 19.4. The van der Waals surface area contributed by atoms with Crippen LogP contribution in [-0.2, 0) is 0 Å². The van der Waals surface area contributed by atoms with Crippen molar-refractivity contribution in [3.63, 3.8) is 0 Å². The second-order valence-corrected chi connectivity index (χ2v) is 2.83. The van der Waals surface area contributed by atoms with Crippen LogP contribution in [-0.4, -0.2) is 12.4 Å². The molecule has 0 aromatic carbocycles. The van der Waals surface area contributed by atoms with Gasteiger partial charge in [0.2, 0.25) is 0 Å². The van der Waals surface area contributed by atoms with Crippen LogP contribution >= 0.6 is 0 Å². The first-order valence-electron chi connectivity index (χ1n) is 3.74. The molecule has 0 N–H and O–H groups in total. The maximum atomic E-state index is 12.1. The van der Waals surface area contributed by atoms with Gasteiger partial charge in [0.05, 0.1) is 0 Å². The van der Waals surface area contributed by atoms with Gasteiger partial charge in [0.25, 0.3) is 0 Å². The molecule has 0 aromatic rings. The molecule has 0 bridgehead atoms. The first kappa shape index (κ1) is 11.1. The van der Waals surface area contributed by atoms with E-state index in [1.807, 2.05) is 0 Å². The van der Waals surface area contributed by atoms with Crippen LogP contribution in [0.25, 0.3) is 0 Å². The summed E-state index contributed by atoms with van der Waals surface area (Å²) in [6, 6.07) is 0. The van der Waals surface area contributed by atoms with Crippen molar-refractivity contribution in [3.8, 4) is 0 Å². The summed E-state index contributed by atoms with van der Waals surface area (Å²) in [7, 11) is 0.